The summed E-state index contributed by atoms with van der Waals surface area (Å²) in [5, 5.41) is 34.6. The van der Waals surface area contributed by atoms with E-state index in [1.54, 1.807) is 0 Å². The van der Waals surface area contributed by atoms with Gasteiger partial charge in [0.05, 0.1) is 6.67 Å². The summed E-state index contributed by atoms with van der Waals surface area (Å²) in [5.74, 6) is -10.8. The van der Waals surface area contributed by atoms with Crippen molar-refractivity contribution in [1.29, 1.82) is 0 Å². The number of carbonyl (C=O) groups excluding carboxylic acids is 1. The van der Waals surface area contributed by atoms with Crippen molar-refractivity contribution in [3.05, 3.63) is 78.4 Å². The number of hydrogen-bond acceptors (Lipinski definition) is 11. The molecule has 9 N–H and O–H groups in total. The fraction of sp³-hybridized carbons (Fsp3) is 0.475. The number of carboxylic acids is 4. The number of halogens is 12. The maximum absolute atomic E-state index is 14.1. The molecule has 0 unspecified atom stereocenters. The number of para-hydroxylation sites is 1. The minimum Gasteiger partial charge on any atom is -0.475 e. The van der Waals surface area contributed by atoms with Gasteiger partial charge < -0.3 is 47.0 Å². The predicted octanol–water partition coefficient (Wildman–Crippen LogP) is 4.82. The van der Waals surface area contributed by atoms with Gasteiger partial charge in [-0.25, -0.2) is 19.2 Å². The topological polar surface area (TPSA) is 243 Å². The fourth-order valence-electron chi connectivity index (χ4n) is 6.40. The maximum atomic E-state index is 14.1. The highest BCUT2D eigenvalue weighted by Gasteiger charge is 2.53. The number of carbonyl (C=O) groups is 5. The van der Waals surface area contributed by atoms with Crippen LogP contribution >= 0.6 is 0 Å². The summed E-state index contributed by atoms with van der Waals surface area (Å²) < 4.78 is 127. The van der Waals surface area contributed by atoms with Crippen molar-refractivity contribution in [3.8, 4) is 0 Å². The number of piperidine rings is 1. The van der Waals surface area contributed by atoms with Crippen LogP contribution in [0.25, 0.3) is 10.8 Å². The number of alkyl halides is 12. The molecule has 3 aromatic rings. The van der Waals surface area contributed by atoms with Crippen LogP contribution in [0.15, 0.2) is 72.8 Å². The molecule has 1 amide bonds. The smallest absolute Gasteiger partial charge is 0.475 e. The molecule has 0 aromatic heterocycles. The number of aliphatic carboxylic acids is 4. The third kappa shape index (κ3) is 20.5. The lowest BCUT2D eigenvalue weighted by molar-refractivity contribution is -0.193. The molecule has 1 spiro atoms. The molecule has 2 fully saturated rings. The Morgan fingerprint density at radius 3 is 1.49 bits per heavy atom. The highest BCUT2D eigenvalue weighted by atomic mass is 19.4. The van der Waals surface area contributed by atoms with Crippen LogP contribution in [0.5, 0.6) is 0 Å². The zero-order chi connectivity index (χ0) is 52.1. The van der Waals surface area contributed by atoms with E-state index in [1.807, 2.05) is 6.07 Å². The van der Waals surface area contributed by atoms with Crippen LogP contribution in [0.1, 0.15) is 18.4 Å². The first-order valence-electron chi connectivity index (χ1n) is 19.8. The van der Waals surface area contributed by atoms with E-state index in [1.165, 1.54) is 16.3 Å². The number of fused-ring (bicyclic) bond motifs is 1. The van der Waals surface area contributed by atoms with Crippen LogP contribution in [0.2, 0.25) is 0 Å². The number of nitrogens with one attached hydrogen (secondary N) is 1. The quantitative estimate of drug-likeness (QED) is 0.0897. The summed E-state index contributed by atoms with van der Waals surface area (Å²) in [6.45, 7) is 9.60. The van der Waals surface area contributed by atoms with E-state index >= 15 is 0 Å². The summed E-state index contributed by atoms with van der Waals surface area (Å²) in [6, 6.07) is 25.7. The average molecular weight is 1000 g/mol. The maximum Gasteiger partial charge on any atom is 0.490 e. The van der Waals surface area contributed by atoms with Gasteiger partial charge in [0.2, 0.25) is 5.91 Å². The highest BCUT2D eigenvalue weighted by molar-refractivity contribution is 5.93. The zero-order valence-corrected chi connectivity index (χ0v) is 35.6. The normalized spacial score (nSPS) is 15.0. The summed E-state index contributed by atoms with van der Waals surface area (Å²) in [7, 11) is 0. The number of nitrogens with zero attached hydrogens (tertiary/aromatic N) is 4. The first-order valence-corrected chi connectivity index (χ1v) is 19.8. The van der Waals surface area contributed by atoms with E-state index < -0.39 is 54.1 Å². The van der Waals surface area contributed by atoms with E-state index in [-0.39, 0.29) is 5.91 Å². The second-order valence-corrected chi connectivity index (χ2v) is 14.3. The molecule has 0 aliphatic carbocycles. The first kappa shape index (κ1) is 60.0. The van der Waals surface area contributed by atoms with Crippen molar-refractivity contribution in [2.75, 3.05) is 77.0 Å². The van der Waals surface area contributed by atoms with Crippen LogP contribution in [-0.2, 0) is 30.5 Å². The van der Waals surface area contributed by atoms with Crippen LogP contribution in [0.4, 0.5) is 58.4 Å². The first-order chi connectivity index (χ1) is 31.4. The Morgan fingerprint density at radius 1 is 0.618 bits per heavy atom. The number of nitrogens with two attached hydrogens (primary N) is 2. The Bertz CT molecular complexity index is 1940. The van der Waals surface area contributed by atoms with Gasteiger partial charge >= 0.3 is 48.6 Å². The van der Waals surface area contributed by atoms with E-state index in [0.717, 1.165) is 70.9 Å². The molecule has 2 saturated heterocycles. The zero-order valence-electron chi connectivity index (χ0n) is 35.6. The van der Waals surface area contributed by atoms with E-state index in [9.17, 15) is 57.5 Å². The number of rotatable bonds is 13. The molecule has 382 valence electrons. The highest BCUT2D eigenvalue weighted by Crippen LogP contribution is 2.40. The molecule has 5 rings (SSSR count). The third-order valence-electron chi connectivity index (χ3n) is 9.56. The van der Waals surface area contributed by atoms with Gasteiger partial charge in [-0.05, 0) is 41.3 Å². The molecular formula is C40H49F12N7O9. The van der Waals surface area contributed by atoms with Crippen molar-refractivity contribution in [1.82, 2.24) is 20.0 Å². The minimum atomic E-state index is -5.08. The number of likely N-dealkylation sites (tertiary alicyclic amines) is 1. The standard InChI is InChI=1S/C32H45N7O.4C2HF3O2/c33-15-21-36(22-16-34)23-17-35-18-24-38-26-39(29-10-2-1-3-11-29)32(31(38)40)13-19-37(20-14-32)25-28-9-6-8-27-7-4-5-12-30(27)28;4*3-2(4,5)1(6)7/h1-12,35H,13-26,33-34H2;4*(H,6,7). The van der Waals surface area contributed by atoms with Gasteiger partial charge in [0.15, 0.2) is 0 Å². The van der Waals surface area contributed by atoms with Crippen molar-refractivity contribution in [2.45, 2.75) is 49.6 Å². The number of carboxylic acid groups (broad SMARTS) is 4. The fourth-order valence-corrected chi connectivity index (χ4v) is 6.40. The lowest BCUT2D eigenvalue weighted by Gasteiger charge is -2.43. The largest absolute Gasteiger partial charge is 0.490 e. The van der Waals surface area contributed by atoms with Gasteiger partial charge in [-0.15, -0.1) is 0 Å². The lowest BCUT2D eigenvalue weighted by Crippen LogP contribution is -2.56. The third-order valence-corrected chi connectivity index (χ3v) is 9.56. The van der Waals surface area contributed by atoms with Gasteiger partial charge in [-0.2, -0.15) is 52.7 Å². The van der Waals surface area contributed by atoms with Crippen molar-refractivity contribution >= 4 is 46.2 Å². The molecule has 16 nitrogen and oxygen atoms in total. The number of anilines is 1. The summed E-state index contributed by atoms with van der Waals surface area (Å²) in [4.78, 5) is 58.9. The van der Waals surface area contributed by atoms with Gasteiger partial charge in [0.25, 0.3) is 0 Å². The molecule has 0 radical (unpaired) electrons. The van der Waals surface area contributed by atoms with Crippen LogP contribution in [-0.4, -0.2) is 167 Å². The molecule has 3 aromatic carbocycles. The van der Waals surface area contributed by atoms with Gasteiger partial charge in [-0.3, -0.25) is 14.6 Å². The molecule has 0 atom stereocenters. The van der Waals surface area contributed by atoms with Crippen molar-refractivity contribution in [3.63, 3.8) is 0 Å². The SMILES string of the molecule is NCCN(CCN)CCNCCN1CN(c2ccccc2)C2(CCN(Cc3cccc4ccccc34)CC2)C1=O.O=C(O)C(F)(F)F.O=C(O)C(F)(F)F.O=C(O)C(F)(F)F.O=C(O)C(F)(F)F. The van der Waals surface area contributed by atoms with Gasteiger partial charge in [-0.1, -0.05) is 60.7 Å². The molecule has 0 bridgehead atoms. The Kier molecular flexibility index (Phi) is 24.0. The second kappa shape index (κ2) is 27.1. The molecule has 0 saturated carbocycles. The summed E-state index contributed by atoms with van der Waals surface area (Å²) in [6.07, 6.45) is -18.7. The summed E-state index contributed by atoms with van der Waals surface area (Å²) >= 11 is 0. The minimum absolute atomic E-state index is 0.274. The Morgan fingerprint density at radius 2 is 1.04 bits per heavy atom. The van der Waals surface area contributed by atoms with E-state index in [2.05, 4.69) is 91.6 Å². The number of hydrogen-bond donors (Lipinski definition) is 7. The number of amides is 1. The summed E-state index contributed by atoms with van der Waals surface area (Å²) in [5.41, 5.74) is 13.5. The van der Waals surface area contributed by atoms with Crippen molar-refractivity contribution < 1.29 is 97.1 Å². The molecule has 2 heterocycles. The predicted molar refractivity (Wildman–Crippen MR) is 219 cm³/mol. The van der Waals surface area contributed by atoms with E-state index in [0.29, 0.717) is 26.3 Å². The molecule has 68 heavy (non-hydrogen) atoms. The van der Waals surface area contributed by atoms with Crippen molar-refractivity contribution in [2.24, 2.45) is 11.5 Å². The van der Waals surface area contributed by atoms with Gasteiger partial charge in [0.1, 0.15) is 5.54 Å². The van der Waals surface area contributed by atoms with Gasteiger partial charge in [0, 0.05) is 77.7 Å². The molecule has 28 heteroatoms. The van der Waals surface area contributed by atoms with Crippen LogP contribution in [0.3, 0.4) is 0 Å². The molecular weight excluding hydrogens is 950 g/mol. The Balaban J connectivity index is 0.000000668. The molecule has 2 aliphatic rings. The van der Waals surface area contributed by atoms with E-state index in [4.69, 9.17) is 51.1 Å². The molecule has 2 aliphatic heterocycles. The van der Waals surface area contributed by atoms with Crippen LogP contribution in [0, 0.1) is 0 Å². The number of benzene rings is 3. The Labute approximate surface area is 379 Å². The average Bonchev–Trinajstić information content (AvgIpc) is 3.51. The lowest BCUT2D eigenvalue weighted by atomic mass is 9.85. The Hall–Kier alpha value is -5.97. The second-order valence-electron chi connectivity index (χ2n) is 14.3. The van der Waals surface area contributed by atoms with Crippen LogP contribution < -0.4 is 21.7 Å². The monoisotopic (exact) mass is 999 g/mol.